The number of likely N-dealkylation sites (tertiary alicyclic amines) is 1. The van der Waals surface area contributed by atoms with Crippen LogP contribution in [0.3, 0.4) is 0 Å². The molecule has 32 heavy (non-hydrogen) atoms. The first-order valence-corrected chi connectivity index (χ1v) is 11.4. The predicted molar refractivity (Wildman–Crippen MR) is 124 cm³/mol. The molecule has 4 rings (SSSR count). The average molecular weight is 472 g/mol. The molecule has 1 unspecified atom stereocenters. The summed E-state index contributed by atoms with van der Waals surface area (Å²) in [6.07, 6.45) is 0.837. The zero-order chi connectivity index (χ0) is 22.5. The summed E-state index contributed by atoms with van der Waals surface area (Å²) in [5.74, 6) is 0.312. The van der Waals surface area contributed by atoms with E-state index >= 15 is 0 Å². The number of ether oxygens (including phenoxy) is 2. The van der Waals surface area contributed by atoms with Crippen molar-refractivity contribution < 1.29 is 19.1 Å². The van der Waals surface area contributed by atoms with E-state index < -0.39 is 12.1 Å². The Morgan fingerprint density at radius 2 is 2.06 bits per heavy atom. The van der Waals surface area contributed by atoms with E-state index in [0.717, 1.165) is 17.5 Å². The first-order chi connectivity index (χ1) is 15.5. The molecule has 0 bridgehead atoms. The van der Waals surface area contributed by atoms with Gasteiger partial charge in [-0.2, -0.15) is 0 Å². The lowest BCUT2D eigenvalue weighted by molar-refractivity contribution is -0.120. The van der Waals surface area contributed by atoms with E-state index in [2.05, 4.69) is 10.3 Å². The van der Waals surface area contributed by atoms with Crippen LogP contribution in [0.2, 0.25) is 5.02 Å². The Morgan fingerprint density at radius 1 is 1.25 bits per heavy atom. The van der Waals surface area contributed by atoms with Gasteiger partial charge < -0.3 is 14.8 Å². The standard InChI is InChI=1S/C23H22ClN3O4S/c1-30-20-10-9-16(12-17(20)24)18-14-32-22(25-18)26-21(28)19-8-5-11-27(19)23(29)31-13-15-6-3-2-4-7-15/h2-4,6-7,9-10,12,14,19H,5,8,11,13H2,1H3,(H,25,26,28). The average Bonchev–Trinajstić information content (AvgIpc) is 3.48. The van der Waals surface area contributed by atoms with Crippen molar-refractivity contribution in [2.24, 2.45) is 0 Å². The first-order valence-electron chi connectivity index (χ1n) is 10.1. The monoisotopic (exact) mass is 471 g/mol. The number of nitrogens with zero attached hydrogens (tertiary/aromatic N) is 2. The summed E-state index contributed by atoms with van der Waals surface area (Å²) in [5, 5.41) is 5.62. The minimum Gasteiger partial charge on any atom is -0.495 e. The van der Waals surface area contributed by atoms with Crippen molar-refractivity contribution >= 4 is 40.1 Å². The lowest BCUT2D eigenvalue weighted by atomic mass is 10.2. The van der Waals surface area contributed by atoms with Crippen LogP contribution < -0.4 is 10.1 Å². The predicted octanol–water partition coefficient (Wildman–Crippen LogP) is 5.21. The number of anilines is 1. The first kappa shape index (κ1) is 22.1. The fourth-order valence-corrected chi connectivity index (χ4v) is 4.52. The summed E-state index contributed by atoms with van der Waals surface area (Å²) in [7, 11) is 1.56. The molecule has 1 fully saturated rings. The van der Waals surface area contributed by atoms with Gasteiger partial charge in [0.05, 0.1) is 17.8 Å². The highest BCUT2D eigenvalue weighted by Gasteiger charge is 2.35. The molecule has 1 aliphatic heterocycles. The molecule has 0 radical (unpaired) electrons. The lowest BCUT2D eigenvalue weighted by Crippen LogP contribution is -2.43. The Kier molecular flexibility index (Phi) is 6.92. The molecule has 1 aromatic heterocycles. The second kappa shape index (κ2) is 10.0. The molecule has 0 spiro atoms. The van der Waals surface area contributed by atoms with Crippen LogP contribution >= 0.6 is 22.9 Å². The van der Waals surface area contributed by atoms with Crippen molar-refractivity contribution in [1.82, 2.24) is 9.88 Å². The fourth-order valence-electron chi connectivity index (χ4n) is 3.54. The number of nitrogens with one attached hydrogen (secondary N) is 1. The van der Waals surface area contributed by atoms with E-state index in [9.17, 15) is 9.59 Å². The normalized spacial score (nSPS) is 15.4. The number of carbonyl (C=O) groups excluding carboxylic acids is 2. The molecule has 1 saturated heterocycles. The van der Waals surface area contributed by atoms with Crippen LogP contribution in [0.15, 0.2) is 53.9 Å². The molecule has 1 atom stereocenters. The summed E-state index contributed by atoms with van der Waals surface area (Å²) in [5.41, 5.74) is 2.41. The number of methoxy groups -OCH3 is 1. The quantitative estimate of drug-likeness (QED) is 0.533. The molecule has 166 valence electrons. The highest BCUT2D eigenvalue weighted by atomic mass is 35.5. The number of benzene rings is 2. The van der Waals surface area contributed by atoms with Crippen LogP contribution in [-0.4, -0.2) is 41.6 Å². The maximum Gasteiger partial charge on any atom is 0.410 e. The minimum absolute atomic E-state index is 0.171. The summed E-state index contributed by atoms with van der Waals surface area (Å²) in [6.45, 7) is 0.657. The van der Waals surface area contributed by atoms with E-state index in [0.29, 0.717) is 34.6 Å². The highest BCUT2D eigenvalue weighted by molar-refractivity contribution is 7.14. The van der Waals surface area contributed by atoms with Gasteiger partial charge in [0, 0.05) is 17.5 Å². The van der Waals surface area contributed by atoms with Crippen LogP contribution in [0, 0.1) is 0 Å². The molecule has 1 aliphatic rings. The summed E-state index contributed by atoms with van der Waals surface area (Å²) < 4.78 is 10.6. The van der Waals surface area contributed by atoms with Gasteiger partial charge in [0.25, 0.3) is 0 Å². The van der Waals surface area contributed by atoms with Crippen LogP contribution in [0.5, 0.6) is 5.75 Å². The second-order valence-corrected chi connectivity index (χ2v) is 8.53. The molecule has 3 aromatic rings. The van der Waals surface area contributed by atoms with Gasteiger partial charge in [0.15, 0.2) is 5.13 Å². The zero-order valence-corrected chi connectivity index (χ0v) is 19.0. The third-order valence-corrected chi connectivity index (χ3v) is 6.23. The van der Waals surface area contributed by atoms with Gasteiger partial charge in [-0.25, -0.2) is 9.78 Å². The highest BCUT2D eigenvalue weighted by Crippen LogP contribution is 2.32. The largest absolute Gasteiger partial charge is 0.495 e. The van der Waals surface area contributed by atoms with Crippen molar-refractivity contribution in [1.29, 1.82) is 0 Å². The Hall–Kier alpha value is -3.10. The van der Waals surface area contributed by atoms with E-state index in [1.165, 1.54) is 16.2 Å². The van der Waals surface area contributed by atoms with Gasteiger partial charge in [0.1, 0.15) is 18.4 Å². The van der Waals surface area contributed by atoms with Gasteiger partial charge in [-0.1, -0.05) is 41.9 Å². The van der Waals surface area contributed by atoms with Crippen LogP contribution in [0.25, 0.3) is 11.3 Å². The van der Waals surface area contributed by atoms with E-state index in [1.54, 1.807) is 19.2 Å². The van der Waals surface area contributed by atoms with Gasteiger partial charge >= 0.3 is 6.09 Å². The number of hydrogen-bond donors (Lipinski definition) is 1. The topological polar surface area (TPSA) is 80.8 Å². The molecule has 2 aromatic carbocycles. The van der Waals surface area contributed by atoms with Gasteiger partial charge in [-0.3, -0.25) is 9.69 Å². The number of thiazole rings is 1. The number of amides is 2. The molecule has 0 saturated carbocycles. The van der Waals surface area contributed by atoms with Crippen LogP contribution in [0.1, 0.15) is 18.4 Å². The van der Waals surface area contributed by atoms with Crippen LogP contribution in [0.4, 0.5) is 9.93 Å². The van der Waals surface area contributed by atoms with Gasteiger partial charge in [0.2, 0.25) is 5.91 Å². The third kappa shape index (κ3) is 5.03. The van der Waals surface area contributed by atoms with E-state index in [1.807, 2.05) is 41.8 Å². The van der Waals surface area contributed by atoms with Crippen molar-refractivity contribution in [2.45, 2.75) is 25.5 Å². The molecular formula is C23H22ClN3O4S. The third-order valence-electron chi connectivity index (χ3n) is 5.18. The number of rotatable bonds is 6. The van der Waals surface area contributed by atoms with Crippen LogP contribution in [-0.2, 0) is 16.1 Å². The molecule has 1 N–H and O–H groups in total. The lowest BCUT2D eigenvalue weighted by Gasteiger charge is -2.22. The van der Waals surface area contributed by atoms with Crippen molar-refractivity contribution in [3.63, 3.8) is 0 Å². The fraction of sp³-hybridized carbons (Fsp3) is 0.261. The Morgan fingerprint density at radius 3 is 2.81 bits per heavy atom. The van der Waals surface area contributed by atoms with E-state index in [-0.39, 0.29) is 12.5 Å². The molecule has 0 aliphatic carbocycles. The maximum absolute atomic E-state index is 12.9. The molecule has 2 heterocycles. The van der Waals surface area contributed by atoms with Gasteiger partial charge in [-0.15, -0.1) is 11.3 Å². The SMILES string of the molecule is COc1ccc(-c2csc(NC(=O)C3CCCN3C(=O)OCc3ccccc3)n2)cc1Cl. The van der Waals surface area contributed by atoms with Crippen molar-refractivity contribution in [3.8, 4) is 17.0 Å². The number of aromatic nitrogens is 1. The minimum atomic E-state index is -0.582. The van der Waals surface area contributed by atoms with E-state index in [4.69, 9.17) is 21.1 Å². The number of hydrogen-bond acceptors (Lipinski definition) is 6. The van der Waals surface area contributed by atoms with Gasteiger partial charge in [-0.05, 0) is 36.6 Å². The molecular weight excluding hydrogens is 450 g/mol. The zero-order valence-electron chi connectivity index (χ0n) is 17.4. The number of halogens is 1. The summed E-state index contributed by atoms with van der Waals surface area (Å²) in [4.78, 5) is 31.4. The summed E-state index contributed by atoms with van der Waals surface area (Å²) in [6, 6.07) is 14.3. The van der Waals surface area contributed by atoms with Crippen molar-refractivity contribution in [3.05, 3.63) is 64.5 Å². The molecule has 9 heteroatoms. The summed E-state index contributed by atoms with van der Waals surface area (Å²) >= 11 is 7.51. The number of carbonyl (C=O) groups is 2. The smallest absolute Gasteiger partial charge is 0.410 e. The second-order valence-electron chi connectivity index (χ2n) is 7.27. The molecule has 7 nitrogen and oxygen atoms in total. The Bertz CT molecular complexity index is 1110. The van der Waals surface area contributed by atoms with Crippen molar-refractivity contribution in [2.75, 3.05) is 19.0 Å². The maximum atomic E-state index is 12.9. The Labute approximate surface area is 194 Å². The molecule has 2 amide bonds. The Balaban J connectivity index is 1.38.